The number of imidazole rings is 1. The molecule has 0 fully saturated rings. The number of aromatic nitrogens is 6. The average molecular weight is 359 g/mol. The van der Waals surface area contributed by atoms with Gasteiger partial charge in [0.15, 0.2) is 5.65 Å². The number of fused-ring (bicyclic) bond motifs is 1. The number of benzene rings is 1. The molecule has 3 aromatic heterocycles. The summed E-state index contributed by atoms with van der Waals surface area (Å²) in [6.45, 7) is 2.89. The van der Waals surface area contributed by atoms with Gasteiger partial charge in [-0.15, -0.1) is 0 Å². The molecule has 8 heteroatoms. The number of carbonyl (C=O) groups excluding carboxylic acids is 1. The molecule has 0 aliphatic heterocycles. The highest BCUT2D eigenvalue weighted by Gasteiger charge is 2.09. The van der Waals surface area contributed by atoms with Crippen molar-refractivity contribution in [1.82, 2.24) is 34.8 Å². The topological polar surface area (TPSA) is 98.5 Å². The summed E-state index contributed by atoms with van der Waals surface area (Å²) >= 11 is 0. The van der Waals surface area contributed by atoms with Gasteiger partial charge in [-0.2, -0.15) is 0 Å². The number of carbonyl (C=O) groups is 1. The van der Waals surface area contributed by atoms with Crippen molar-refractivity contribution in [1.29, 1.82) is 0 Å². The fraction of sp³-hybridized carbons (Fsp3) is 0.158. The van der Waals surface area contributed by atoms with Crippen LogP contribution in [0.1, 0.15) is 16.2 Å². The molecule has 1 amide bonds. The summed E-state index contributed by atoms with van der Waals surface area (Å²) in [6, 6.07) is 9.22. The number of nitrogens with zero attached hydrogens (tertiary/aromatic N) is 6. The fourth-order valence-corrected chi connectivity index (χ4v) is 2.81. The number of hydrogen-bond acceptors (Lipinski definition) is 6. The maximum Gasteiger partial charge on any atom is 0.251 e. The molecule has 0 aliphatic carbocycles. The van der Waals surface area contributed by atoms with Gasteiger partial charge >= 0.3 is 0 Å². The fourth-order valence-electron chi connectivity index (χ4n) is 2.81. The zero-order valence-electron chi connectivity index (χ0n) is 14.7. The van der Waals surface area contributed by atoms with E-state index in [-0.39, 0.29) is 5.91 Å². The number of nitrogens with one attached hydrogen (secondary N) is 1. The molecule has 4 rings (SSSR count). The van der Waals surface area contributed by atoms with Crippen molar-refractivity contribution in [2.45, 2.75) is 13.5 Å². The van der Waals surface area contributed by atoms with Crippen molar-refractivity contribution in [3.05, 3.63) is 66.8 Å². The molecule has 134 valence electrons. The summed E-state index contributed by atoms with van der Waals surface area (Å²) < 4.78 is 1.91. The van der Waals surface area contributed by atoms with Gasteiger partial charge in [0.05, 0.1) is 18.2 Å². The lowest BCUT2D eigenvalue weighted by Gasteiger charge is -2.08. The second-order valence-electron chi connectivity index (χ2n) is 6.00. The van der Waals surface area contributed by atoms with Crippen LogP contribution in [0.25, 0.3) is 22.4 Å². The molecular formula is C19H17N7O. The zero-order chi connectivity index (χ0) is 18.6. The van der Waals surface area contributed by atoms with Crippen molar-refractivity contribution in [2.75, 3.05) is 6.54 Å². The molecule has 0 unspecified atom stereocenters. The van der Waals surface area contributed by atoms with Crippen molar-refractivity contribution < 1.29 is 4.79 Å². The first kappa shape index (κ1) is 16.8. The maximum atomic E-state index is 12.5. The highest BCUT2D eigenvalue weighted by atomic mass is 16.1. The Labute approximate surface area is 155 Å². The van der Waals surface area contributed by atoms with E-state index in [1.807, 2.05) is 35.8 Å². The van der Waals surface area contributed by atoms with Crippen LogP contribution in [0.2, 0.25) is 0 Å². The van der Waals surface area contributed by atoms with Gasteiger partial charge in [0.1, 0.15) is 17.7 Å². The Balaban J connectivity index is 1.43. The van der Waals surface area contributed by atoms with Gasteiger partial charge in [-0.3, -0.25) is 4.79 Å². The van der Waals surface area contributed by atoms with Crippen LogP contribution in [-0.2, 0) is 6.54 Å². The molecule has 1 N–H and O–H groups in total. The normalized spacial score (nSPS) is 10.9. The average Bonchev–Trinajstić information content (AvgIpc) is 3.11. The van der Waals surface area contributed by atoms with Gasteiger partial charge < -0.3 is 9.88 Å². The van der Waals surface area contributed by atoms with Gasteiger partial charge in [-0.05, 0) is 25.1 Å². The molecule has 0 radical (unpaired) electrons. The molecular weight excluding hydrogens is 342 g/mol. The van der Waals surface area contributed by atoms with Crippen LogP contribution in [0.3, 0.4) is 0 Å². The van der Waals surface area contributed by atoms with Crippen LogP contribution in [0, 0.1) is 6.92 Å². The summed E-state index contributed by atoms with van der Waals surface area (Å²) in [5.41, 5.74) is 3.74. The van der Waals surface area contributed by atoms with E-state index < -0.39 is 0 Å². The van der Waals surface area contributed by atoms with Crippen LogP contribution >= 0.6 is 0 Å². The quantitative estimate of drug-likeness (QED) is 0.585. The van der Waals surface area contributed by atoms with Gasteiger partial charge in [-0.25, -0.2) is 24.9 Å². The summed E-state index contributed by atoms with van der Waals surface area (Å²) in [5.74, 6) is 0.558. The predicted molar refractivity (Wildman–Crippen MR) is 99.9 cm³/mol. The lowest BCUT2D eigenvalue weighted by Crippen LogP contribution is -2.27. The first-order chi connectivity index (χ1) is 13.2. The van der Waals surface area contributed by atoms with Gasteiger partial charge in [0.25, 0.3) is 5.91 Å². The van der Waals surface area contributed by atoms with Crippen LogP contribution in [0.15, 0.2) is 55.4 Å². The molecule has 0 aliphatic rings. The van der Waals surface area contributed by atoms with E-state index in [1.165, 1.54) is 6.33 Å². The van der Waals surface area contributed by atoms with Crippen molar-refractivity contribution in [2.24, 2.45) is 0 Å². The lowest BCUT2D eigenvalue weighted by molar-refractivity contribution is 0.0952. The largest absolute Gasteiger partial charge is 0.350 e. The van der Waals surface area contributed by atoms with Crippen LogP contribution in [0.5, 0.6) is 0 Å². The SMILES string of the molecule is Cc1nccc(-c2cccc(C(=O)NCCn3cnc4ncncc43)c2)n1. The Kier molecular flexibility index (Phi) is 4.52. The smallest absolute Gasteiger partial charge is 0.251 e. The van der Waals surface area contributed by atoms with Crippen LogP contribution < -0.4 is 5.32 Å². The predicted octanol–water partition coefficient (Wildman–Crippen LogP) is 2.02. The molecule has 1 aromatic carbocycles. The molecule has 0 atom stereocenters. The minimum atomic E-state index is -0.136. The van der Waals surface area contributed by atoms with Gasteiger partial charge in [-0.1, -0.05) is 12.1 Å². The van der Waals surface area contributed by atoms with Crippen molar-refractivity contribution in [3.8, 4) is 11.3 Å². The van der Waals surface area contributed by atoms with E-state index >= 15 is 0 Å². The number of rotatable bonds is 5. The van der Waals surface area contributed by atoms with Crippen molar-refractivity contribution in [3.63, 3.8) is 0 Å². The van der Waals surface area contributed by atoms with Crippen molar-refractivity contribution >= 4 is 17.1 Å². The summed E-state index contributed by atoms with van der Waals surface area (Å²) in [4.78, 5) is 33.3. The second kappa shape index (κ2) is 7.28. The maximum absolute atomic E-state index is 12.5. The Hall–Kier alpha value is -3.68. The van der Waals surface area contributed by atoms with E-state index in [2.05, 4.69) is 30.2 Å². The monoisotopic (exact) mass is 359 g/mol. The van der Waals surface area contributed by atoms with E-state index in [0.717, 1.165) is 16.8 Å². The van der Waals surface area contributed by atoms with Crippen LogP contribution in [0.4, 0.5) is 0 Å². The van der Waals surface area contributed by atoms with Crippen LogP contribution in [-0.4, -0.2) is 41.9 Å². The highest BCUT2D eigenvalue weighted by molar-refractivity contribution is 5.95. The first-order valence-corrected chi connectivity index (χ1v) is 8.50. The molecule has 3 heterocycles. The minimum Gasteiger partial charge on any atom is -0.350 e. The third kappa shape index (κ3) is 3.64. The first-order valence-electron chi connectivity index (χ1n) is 8.50. The molecule has 8 nitrogen and oxygen atoms in total. The molecule has 27 heavy (non-hydrogen) atoms. The third-order valence-corrected chi connectivity index (χ3v) is 4.14. The van der Waals surface area contributed by atoms with E-state index in [1.54, 1.807) is 24.8 Å². The summed E-state index contributed by atoms with van der Waals surface area (Å²) in [5, 5.41) is 2.93. The van der Waals surface area contributed by atoms with E-state index in [0.29, 0.717) is 30.1 Å². The summed E-state index contributed by atoms with van der Waals surface area (Å²) in [7, 11) is 0. The molecule has 0 saturated carbocycles. The van der Waals surface area contributed by atoms with Gasteiger partial charge in [0.2, 0.25) is 0 Å². The second-order valence-corrected chi connectivity index (χ2v) is 6.00. The molecule has 0 spiro atoms. The van der Waals surface area contributed by atoms with E-state index in [9.17, 15) is 4.79 Å². The Morgan fingerprint density at radius 3 is 3.00 bits per heavy atom. The number of amides is 1. The highest BCUT2D eigenvalue weighted by Crippen LogP contribution is 2.18. The summed E-state index contributed by atoms with van der Waals surface area (Å²) in [6.07, 6.45) is 6.59. The minimum absolute atomic E-state index is 0.136. The Morgan fingerprint density at radius 1 is 1.19 bits per heavy atom. The molecule has 4 aromatic rings. The zero-order valence-corrected chi connectivity index (χ0v) is 14.7. The molecule has 0 bridgehead atoms. The Morgan fingerprint density at radius 2 is 2.11 bits per heavy atom. The van der Waals surface area contributed by atoms with Gasteiger partial charge in [0, 0.05) is 30.4 Å². The lowest BCUT2D eigenvalue weighted by atomic mass is 10.1. The number of aryl methyl sites for hydroxylation is 1. The molecule has 0 saturated heterocycles. The third-order valence-electron chi connectivity index (χ3n) is 4.14. The van der Waals surface area contributed by atoms with E-state index in [4.69, 9.17) is 0 Å². The number of hydrogen-bond donors (Lipinski definition) is 1. The standard InChI is InChI=1S/C19H17N7O/c1-13-21-6-5-16(25-13)14-3-2-4-15(9-14)19(27)22-7-8-26-12-24-18-17(26)10-20-11-23-18/h2-6,9-12H,7-8H2,1H3,(H,22,27). The Bertz CT molecular complexity index is 1110.